The van der Waals surface area contributed by atoms with Gasteiger partial charge in [-0.05, 0) is 20.2 Å². The number of nitrogens with zero attached hydrogens (tertiary/aromatic N) is 4. The number of thioether (sulfide) groups is 1. The van der Waals surface area contributed by atoms with E-state index in [-0.39, 0.29) is 12.4 Å². The maximum Gasteiger partial charge on any atom is 0.224 e. The number of halogens is 1. The molecule has 0 bridgehead atoms. The molecule has 0 aliphatic carbocycles. The zero-order valence-electron chi connectivity index (χ0n) is 14.5. The van der Waals surface area contributed by atoms with Crippen LogP contribution in [-0.2, 0) is 11.2 Å². The molecule has 0 saturated carbocycles. The first-order chi connectivity index (χ1) is 10.7. The van der Waals surface area contributed by atoms with E-state index >= 15 is 0 Å². The minimum Gasteiger partial charge on any atom is -0.381 e. The Hall–Kier alpha value is -0.760. The van der Waals surface area contributed by atoms with E-state index < -0.39 is 0 Å². The van der Waals surface area contributed by atoms with Crippen LogP contribution in [0, 0.1) is 0 Å². The third kappa shape index (κ3) is 5.38. The van der Waals surface area contributed by atoms with E-state index in [1.807, 2.05) is 14.0 Å². The van der Waals surface area contributed by atoms with Crippen LogP contribution >= 0.6 is 24.2 Å². The lowest BCUT2D eigenvalue weighted by atomic mass is 10.2. The van der Waals surface area contributed by atoms with Gasteiger partial charge in [0, 0.05) is 46.3 Å². The van der Waals surface area contributed by atoms with Crippen LogP contribution in [0.3, 0.4) is 0 Å². The van der Waals surface area contributed by atoms with E-state index in [0.717, 1.165) is 50.7 Å². The molecular weight excluding hydrogens is 334 g/mol. The molecule has 1 N–H and O–H groups in total. The minimum atomic E-state index is 0. The molecular formula is C15H28ClN5OS. The molecule has 1 aromatic heterocycles. The van der Waals surface area contributed by atoms with Gasteiger partial charge < -0.3 is 19.9 Å². The second-order valence-electron chi connectivity index (χ2n) is 5.34. The Bertz CT molecular complexity index is 483. The Balaban J connectivity index is 0.00000264. The molecule has 1 fully saturated rings. The Labute approximate surface area is 149 Å². The molecule has 2 rings (SSSR count). The molecule has 0 atom stereocenters. The van der Waals surface area contributed by atoms with Crippen molar-refractivity contribution in [2.75, 3.05) is 70.0 Å². The maximum atomic E-state index is 5.50. The monoisotopic (exact) mass is 361 g/mol. The molecule has 8 heteroatoms. The van der Waals surface area contributed by atoms with Crippen molar-refractivity contribution < 1.29 is 4.74 Å². The highest BCUT2D eigenvalue weighted by atomic mass is 35.5. The highest BCUT2D eigenvalue weighted by molar-refractivity contribution is 7.98. The third-order valence-electron chi connectivity index (χ3n) is 3.84. The van der Waals surface area contributed by atoms with Gasteiger partial charge in [0.05, 0.1) is 17.2 Å². The molecule has 0 spiro atoms. The van der Waals surface area contributed by atoms with Crippen LogP contribution in [0.4, 0.5) is 11.8 Å². The van der Waals surface area contributed by atoms with Crippen molar-refractivity contribution in [1.29, 1.82) is 0 Å². The second-order valence-corrected chi connectivity index (χ2v) is 6.15. The normalized spacial score (nSPS) is 15.4. The van der Waals surface area contributed by atoms with Gasteiger partial charge in [0.2, 0.25) is 5.95 Å². The van der Waals surface area contributed by atoms with E-state index in [1.54, 1.807) is 11.8 Å². The fourth-order valence-electron chi connectivity index (χ4n) is 2.52. The summed E-state index contributed by atoms with van der Waals surface area (Å²) in [6.07, 6.45) is 2.92. The molecule has 0 unspecified atom stereocenters. The van der Waals surface area contributed by atoms with Crippen LogP contribution in [0.1, 0.15) is 12.6 Å². The van der Waals surface area contributed by atoms with Gasteiger partial charge >= 0.3 is 0 Å². The van der Waals surface area contributed by atoms with Crippen LogP contribution < -0.4 is 10.2 Å². The van der Waals surface area contributed by atoms with E-state index in [1.165, 1.54) is 4.90 Å². The summed E-state index contributed by atoms with van der Waals surface area (Å²) < 4.78 is 5.50. The third-order valence-corrected chi connectivity index (χ3v) is 4.66. The predicted octanol–water partition coefficient (Wildman–Crippen LogP) is 1.99. The Kier molecular flexibility index (Phi) is 8.98. The van der Waals surface area contributed by atoms with Crippen LogP contribution in [0.2, 0.25) is 0 Å². The van der Waals surface area contributed by atoms with Gasteiger partial charge in [-0.3, -0.25) is 0 Å². The van der Waals surface area contributed by atoms with Gasteiger partial charge in [0.1, 0.15) is 5.82 Å². The van der Waals surface area contributed by atoms with Gasteiger partial charge in [0.15, 0.2) is 0 Å². The lowest BCUT2D eigenvalue weighted by Crippen LogP contribution is -2.45. The van der Waals surface area contributed by atoms with Gasteiger partial charge in [0.25, 0.3) is 0 Å². The van der Waals surface area contributed by atoms with E-state index in [4.69, 9.17) is 9.72 Å². The molecule has 6 nitrogen and oxygen atoms in total. The molecule has 1 aliphatic rings. The van der Waals surface area contributed by atoms with Crippen molar-refractivity contribution in [3.63, 3.8) is 0 Å². The lowest BCUT2D eigenvalue weighted by Gasteiger charge is -2.34. The largest absolute Gasteiger partial charge is 0.381 e. The predicted molar refractivity (Wildman–Crippen MR) is 101 cm³/mol. The molecule has 2 heterocycles. The van der Waals surface area contributed by atoms with Crippen molar-refractivity contribution in [2.24, 2.45) is 0 Å². The van der Waals surface area contributed by atoms with E-state index in [9.17, 15) is 0 Å². The molecule has 132 valence electrons. The first-order valence-electron chi connectivity index (χ1n) is 7.83. The number of piperazine rings is 1. The Morgan fingerprint density at radius 3 is 2.48 bits per heavy atom. The summed E-state index contributed by atoms with van der Waals surface area (Å²) >= 11 is 1.73. The molecule has 1 aliphatic heterocycles. The Morgan fingerprint density at radius 1 is 1.22 bits per heavy atom. The van der Waals surface area contributed by atoms with Gasteiger partial charge in [-0.2, -0.15) is 4.98 Å². The fraction of sp³-hybridized carbons (Fsp3) is 0.733. The zero-order valence-corrected chi connectivity index (χ0v) is 16.1. The number of hydrogen-bond donors (Lipinski definition) is 1. The summed E-state index contributed by atoms with van der Waals surface area (Å²) in [6.45, 7) is 7.62. The number of ether oxygens (including phenoxy) is 1. The number of anilines is 2. The van der Waals surface area contributed by atoms with E-state index in [0.29, 0.717) is 12.6 Å². The molecule has 0 amide bonds. The summed E-state index contributed by atoms with van der Waals surface area (Å²) in [7, 11) is 4.04. The SMILES string of the molecule is CCOCCc1nc(NC)nc(N2CCN(C)CC2)c1SC.Cl. The van der Waals surface area contributed by atoms with Crippen molar-refractivity contribution in [3.05, 3.63) is 5.69 Å². The van der Waals surface area contributed by atoms with Crippen molar-refractivity contribution >= 4 is 35.9 Å². The maximum absolute atomic E-state index is 5.50. The first-order valence-corrected chi connectivity index (χ1v) is 9.06. The summed E-state index contributed by atoms with van der Waals surface area (Å²) in [5, 5.41) is 3.09. The van der Waals surface area contributed by atoms with Crippen LogP contribution in [0.5, 0.6) is 0 Å². The zero-order chi connectivity index (χ0) is 15.9. The summed E-state index contributed by atoms with van der Waals surface area (Å²) in [5.74, 6) is 1.75. The van der Waals surface area contributed by atoms with Gasteiger partial charge in [-0.25, -0.2) is 4.98 Å². The Morgan fingerprint density at radius 2 is 1.91 bits per heavy atom. The first kappa shape index (κ1) is 20.3. The van der Waals surface area contributed by atoms with Gasteiger partial charge in [-0.1, -0.05) is 0 Å². The van der Waals surface area contributed by atoms with Crippen molar-refractivity contribution in [1.82, 2.24) is 14.9 Å². The summed E-state index contributed by atoms with van der Waals surface area (Å²) in [6, 6.07) is 0. The quantitative estimate of drug-likeness (QED) is 0.588. The molecule has 0 radical (unpaired) electrons. The van der Waals surface area contributed by atoms with E-state index in [2.05, 4.69) is 33.4 Å². The molecule has 1 saturated heterocycles. The lowest BCUT2D eigenvalue weighted by molar-refractivity contribution is 0.150. The summed E-state index contributed by atoms with van der Waals surface area (Å²) in [4.78, 5) is 15.3. The topological polar surface area (TPSA) is 53.5 Å². The molecule has 23 heavy (non-hydrogen) atoms. The standard InChI is InChI=1S/C15H27N5OS.ClH/c1-5-21-11-6-12-13(22-4)14(18-15(16-2)17-12)20-9-7-19(3)8-10-20;/h5-11H2,1-4H3,(H,16,17,18);1H. The highest BCUT2D eigenvalue weighted by Crippen LogP contribution is 2.31. The average molecular weight is 362 g/mol. The fourth-order valence-corrected chi connectivity index (χ4v) is 3.26. The van der Waals surface area contributed by atoms with Crippen LogP contribution in [0.25, 0.3) is 0 Å². The number of nitrogens with one attached hydrogen (secondary N) is 1. The number of hydrogen-bond acceptors (Lipinski definition) is 7. The molecule has 0 aromatic carbocycles. The highest BCUT2D eigenvalue weighted by Gasteiger charge is 2.21. The minimum absolute atomic E-state index is 0. The number of rotatable bonds is 7. The number of likely N-dealkylation sites (N-methyl/N-ethyl adjacent to an activating group) is 1. The smallest absolute Gasteiger partial charge is 0.224 e. The number of aromatic nitrogens is 2. The van der Waals surface area contributed by atoms with Gasteiger partial charge in [-0.15, -0.1) is 24.2 Å². The molecule has 1 aromatic rings. The van der Waals surface area contributed by atoms with Crippen molar-refractivity contribution in [3.8, 4) is 0 Å². The second kappa shape index (κ2) is 10.2. The average Bonchev–Trinajstić information content (AvgIpc) is 2.55. The van der Waals surface area contributed by atoms with Crippen molar-refractivity contribution in [2.45, 2.75) is 18.2 Å². The summed E-state index contributed by atoms with van der Waals surface area (Å²) in [5.41, 5.74) is 1.08. The van der Waals surface area contributed by atoms with Crippen LogP contribution in [0.15, 0.2) is 4.90 Å². The van der Waals surface area contributed by atoms with Crippen LogP contribution in [-0.4, -0.2) is 74.6 Å².